The molecule has 23 heavy (non-hydrogen) atoms. The molecule has 3 nitrogen and oxygen atoms in total. The van der Waals surface area contributed by atoms with Crippen LogP contribution in [0.25, 0.3) is 0 Å². The van der Waals surface area contributed by atoms with Crippen LogP contribution in [-0.4, -0.2) is 29.3 Å². The van der Waals surface area contributed by atoms with E-state index in [1.54, 1.807) is 0 Å². The van der Waals surface area contributed by atoms with Gasteiger partial charge in [-0.25, -0.2) is 4.98 Å². The van der Waals surface area contributed by atoms with Crippen molar-refractivity contribution in [3.63, 3.8) is 0 Å². The van der Waals surface area contributed by atoms with Crippen molar-refractivity contribution in [3.05, 3.63) is 15.6 Å². The number of hydrogen-bond donors (Lipinski definition) is 0. The quantitative estimate of drug-likeness (QED) is 0.783. The van der Waals surface area contributed by atoms with E-state index in [4.69, 9.17) is 0 Å². The first-order valence-corrected chi connectivity index (χ1v) is 9.22. The molecule has 0 saturated heterocycles. The molecule has 1 aliphatic carbocycles. The molecule has 1 fully saturated rings. The van der Waals surface area contributed by atoms with Crippen LogP contribution in [-0.2, 0) is 24.3 Å². The van der Waals surface area contributed by atoms with Crippen LogP contribution in [0, 0.1) is 5.92 Å². The van der Waals surface area contributed by atoms with Gasteiger partial charge in [0.1, 0.15) is 11.6 Å². The highest BCUT2D eigenvalue weighted by Gasteiger charge is 2.30. The number of halogens is 3. The first-order valence-electron chi connectivity index (χ1n) is 8.40. The minimum Gasteiger partial charge on any atom is -0.297 e. The largest absolute Gasteiger partial charge is 0.522 e. The lowest BCUT2D eigenvalue weighted by Crippen LogP contribution is -2.32. The second kappa shape index (κ2) is 7.49. The van der Waals surface area contributed by atoms with Gasteiger partial charge in [0.05, 0.1) is 5.69 Å². The predicted molar refractivity (Wildman–Crippen MR) is 83.1 cm³/mol. The summed E-state index contributed by atoms with van der Waals surface area (Å²) in [6.07, 6.45) is 4.37. The van der Waals surface area contributed by atoms with Gasteiger partial charge in [-0.3, -0.25) is 9.64 Å². The molecule has 1 aromatic rings. The van der Waals surface area contributed by atoms with Crippen LogP contribution in [0.3, 0.4) is 0 Å². The third-order valence-corrected chi connectivity index (χ3v) is 5.92. The van der Waals surface area contributed by atoms with Crippen molar-refractivity contribution in [3.8, 4) is 0 Å². The maximum absolute atomic E-state index is 12.1. The Bertz CT molecular complexity index is 512. The van der Waals surface area contributed by atoms with Crippen molar-refractivity contribution in [2.75, 3.05) is 13.1 Å². The Morgan fingerprint density at radius 3 is 2.74 bits per heavy atom. The number of fused-ring (bicyclic) bond motifs is 1. The van der Waals surface area contributed by atoms with E-state index in [0.29, 0.717) is 5.01 Å². The van der Waals surface area contributed by atoms with Crippen LogP contribution in [0.1, 0.15) is 54.1 Å². The van der Waals surface area contributed by atoms with Gasteiger partial charge in [0, 0.05) is 18.0 Å². The number of rotatable bonds is 5. The van der Waals surface area contributed by atoms with Gasteiger partial charge in [-0.2, -0.15) is 0 Å². The molecule has 130 valence electrons. The maximum Gasteiger partial charge on any atom is 0.522 e. The normalized spacial score (nSPS) is 20.7. The number of nitrogens with zero attached hydrogens (tertiary/aromatic N) is 2. The van der Waals surface area contributed by atoms with Crippen LogP contribution >= 0.6 is 11.3 Å². The molecule has 0 N–H and O–H groups in total. The standard InChI is InChI=1S/C16H23F3N2OS/c17-16(18,19)22-11-15-20-13-10-21(9-7-14(13)23-15)8-6-12-4-2-1-3-5-12/h12H,1-11H2. The van der Waals surface area contributed by atoms with Gasteiger partial charge in [0.25, 0.3) is 0 Å². The Morgan fingerprint density at radius 2 is 2.00 bits per heavy atom. The molecule has 3 rings (SSSR count). The monoisotopic (exact) mass is 348 g/mol. The van der Waals surface area contributed by atoms with Crippen molar-refractivity contribution in [1.29, 1.82) is 0 Å². The molecular weight excluding hydrogens is 325 g/mol. The number of hydrogen-bond acceptors (Lipinski definition) is 4. The molecule has 1 aromatic heterocycles. The third kappa shape index (κ3) is 5.16. The molecule has 1 aliphatic heterocycles. The van der Waals surface area contributed by atoms with E-state index in [-0.39, 0.29) is 0 Å². The second-order valence-electron chi connectivity index (χ2n) is 6.53. The summed E-state index contributed by atoms with van der Waals surface area (Å²) >= 11 is 1.36. The van der Waals surface area contributed by atoms with E-state index in [9.17, 15) is 13.2 Å². The molecule has 1 saturated carbocycles. The smallest absolute Gasteiger partial charge is 0.297 e. The van der Waals surface area contributed by atoms with E-state index in [2.05, 4.69) is 14.6 Å². The molecule has 0 bridgehead atoms. The molecule has 0 aromatic carbocycles. The van der Waals surface area contributed by atoms with Gasteiger partial charge in [0.2, 0.25) is 0 Å². The van der Waals surface area contributed by atoms with Gasteiger partial charge < -0.3 is 0 Å². The van der Waals surface area contributed by atoms with Gasteiger partial charge in [-0.05, 0) is 25.3 Å². The third-order valence-electron chi connectivity index (χ3n) is 4.79. The van der Waals surface area contributed by atoms with E-state index < -0.39 is 13.0 Å². The lowest BCUT2D eigenvalue weighted by molar-refractivity contribution is -0.330. The Labute approximate surface area is 138 Å². The molecule has 2 aliphatic rings. The molecule has 7 heteroatoms. The highest BCUT2D eigenvalue weighted by atomic mass is 32.1. The molecule has 0 unspecified atom stereocenters. The number of thiazole rings is 1. The average molecular weight is 348 g/mol. The Balaban J connectivity index is 1.48. The van der Waals surface area contributed by atoms with Crippen molar-refractivity contribution >= 4 is 11.3 Å². The topological polar surface area (TPSA) is 25.4 Å². The molecular formula is C16H23F3N2OS. The van der Waals surface area contributed by atoms with E-state index in [1.165, 1.54) is 49.9 Å². The number of alkyl halides is 3. The van der Waals surface area contributed by atoms with Crippen molar-refractivity contribution in [1.82, 2.24) is 9.88 Å². The fourth-order valence-electron chi connectivity index (χ4n) is 3.54. The summed E-state index contributed by atoms with van der Waals surface area (Å²) in [5, 5.41) is 0.432. The molecule has 0 amide bonds. The summed E-state index contributed by atoms with van der Waals surface area (Å²) in [4.78, 5) is 7.87. The number of ether oxygens (including phenoxy) is 1. The fraction of sp³-hybridized carbons (Fsp3) is 0.812. The summed E-state index contributed by atoms with van der Waals surface area (Å²) in [6, 6.07) is 0. The Kier molecular flexibility index (Phi) is 5.59. The van der Waals surface area contributed by atoms with Gasteiger partial charge in [-0.15, -0.1) is 24.5 Å². The van der Waals surface area contributed by atoms with Crippen LogP contribution < -0.4 is 0 Å². The zero-order valence-corrected chi connectivity index (χ0v) is 14.0. The first-order chi connectivity index (χ1) is 11.0. The van der Waals surface area contributed by atoms with Crippen LogP contribution in [0.5, 0.6) is 0 Å². The van der Waals surface area contributed by atoms with Gasteiger partial charge in [0.15, 0.2) is 0 Å². The molecule has 0 radical (unpaired) electrons. The van der Waals surface area contributed by atoms with E-state index >= 15 is 0 Å². The molecule has 0 atom stereocenters. The minimum atomic E-state index is -4.59. The van der Waals surface area contributed by atoms with Gasteiger partial charge >= 0.3 is 6.36 Å². The average Bonchev–Trinajstić information content (AvgIpc) is 2.93. The van der Waals surface area contributed by atoms with Crippen LogP contribution in [0.4, 0.5) is 13.2 Å². The summed E-state index contributed by atoms with van der Waals surface area (Å²) in [7, 11) is 0. The predicted octanol–water partition coefficient (Wildman–Crippen LogP) is 4.51. The highest BCUT2D eigenvalue weighted by molar-refractivity contribution is 7.11. The molecule has 2 heterocycles. The van der Waals surface area contributed by atoms with E-state index in [0.717, 1.165) is 42.5 Å². The summed E-state index contributed by atoms with van der Waals surface area (Å²) in [6.45, 7) is 2.37. The second-order valence-corrected chi connectivity index (χ2v) is 7.70. The minimum absolute atomic E-state index is 0.432. The maximum atomic E-state index is 12.1. The van der Waals surface area contributed by atoms with Crippen LogP contribution in [0.15, 0.2) is 0 Å². The van der Waals surface area contributed by atoms with Gasteiger partial charge in [-0.1, -0.05) is 32.1 Å². The van der Waals surface area contributed by atoms with Crippen LogP contribution in [0.2, 0.25) is 0 Å². The first kappa shape index (κ1) is 17.2. The summed E-state index contributed by atoms with van der Waals surface area (Å²) in [5.74, 6) is 0.858. The Hall–Kier alpha value is -0.660. The summed E-state index contributed by atoms with van der Waals surface area (Å²) < 4.78 is 40.2. The van der Waals surface area contributed by atoms with Crippen molar-refractivity contribution in [2.24, 2.45) is 5.92 Å². The van der Waals surface area contributed by atoms with Crippen molar-refractivity contribution in [2.45, 2.75) is 64.5 Å². The Morgan fingerprint density at radius 1 is 1.22 bits per heavy atom. The summed E-state index contributed by atoms with van der Waals surface area (Å²) in [5.41, 5.74) is 0.950. The highest BCUT2D eigenvalue weighted by Crippen LogP contribution is 2.29. The van der Waals surface area contributed by atoms with Crippen molar-refractivity contribution < 1.29 is 17.9 Å². The lowest BCUT2D eigenvalue weighted by atomic mass is 9.87. The van der Waals surface area contributed by atoms with E-state index in [1.807, 2.05) is 0 Å². The fourth-order valence-corrected chi connectivity index (χ4v) is 4.52. The molecule has 0 spiro atoms. The SMILES string of the molecule is FC(F)(F)OCc1nc2c(s1)CCN(CCC1CCCCC1)C2. The number of aromatic nitrogens is 1. The zero-order chi connectivity index (χ0) is 16.3. The zero-order valence-electron chi connectivity index (χ0n) is 13.2. The lowest BCUT2D eigenvalue weighted by Gasteiger charge is -2.29.